The number of halogens is 1. The van der Waals surface area contributed by atoms with Crippen molar-refractivity contribution < 1.29 is 28.3 Å². The molecule has 0 amide bonds. The maximum atomic E-state index is 11.7. The molecule has 9 nitrogen and oxygen atoms in total. The lowest BCUT2D eigenvalue weighted by atomic mass is 10.0. The molecule has 0 spiro atoms. The molecule has 3 aliphatic rings. The lowest BCUT2D eigenvalue weighted by Gasteiger charge is -2.18. The summed E-state index contributed by atoms with van der Waals surface area (Å²) < 4.78 is 37.4. The lowest BCUT2D eigenvalue weighted by molar-refractivity contribution is 0.00337. The summed E-state index contributed by atoms with van der Waals surface area (Å²) in [6.07, 6.45) is 1.05. The standard InChI is InChI=1S/C28H33ClN3O6SSi/c1-40(2)12-9-35-16-32-27-21(30-28(32)38-23-15-37-25-22(33)14-36-26(23)25)13-20(29)24(31-27)19-5-3-17(4-6-19)18-7-10-39(34)11-8-18/h3-7,13,22-23,25-26,33H,8-12,14-16H2,1-2H3/t22-,23-,25-,26-,39?/m1/s1. The zero-order valence-electron chi connectivity index (χ0n) is 22.5. The Bertz CT molecular complexity index is 1430. The Labute approximate surface area is 242 Å². The van der Waals surface area contributed by atoms with Crippen molar-refractivity contribution in [3.8, 4) is 17.3 Å². The molecular formula is C28H33ClN3O6SSi. The Morgan fingerprint density at radius 2 is 1.93 bits per heavy atom. The van der Waals surface area contributed by atoms with Gasteiger partial charge in [-0.15, -0.1) is 0 Å². The molecule has 40 heavy (non-hydrogen) atoms. The third-order valence-electron chi connectivity index (χ3n) is 7.49. The fourth-order valence-electron chi connectivity index (χ4n) is 5.23. The molecule has 2 aromatic heterocycles. The minimum Gasteiger partial charge on any atom is -0.456 e. The van der Waals surface area contributed by atoms with Crippen molar-refractivity contribution in [2.24, 2.45) is 0 Å². The maximum absolute atomic E-state index is 11.7. The van der Waals surface area contributed by atoms with Crippen LogP contribution in [-0.2, 0) is 31.7 Å². The van der Waals surface area contributed by atoms with Crippen molar-refractivity contribution in [1.82, 2.24) is 14.5 Å². The van der Waals surface area contributed by atoms with Gasteiger partial charge in [0.15, 0.2) is 11.8 Å². The smallest absolute Gasteiger partial charge is 0.301 e. The van der Waals surface area contributed by atoms with Crippen LogP contribution in [0.5, 0.6) is 6.01 Å². The second kappa shape index (κ2) is 12.0. The van der Waals surface area contributed by atoms with E-state index in [1.807, 2.05) is 16.7 Å². The predicted octanol–water partition coefficient (Wildman–Crippen LogP) is 3.92. The summed E-state index contributed by atoms with van der Waals surface area (Å²) in [5.74, 6) is 1.31. The maximum Gasteiger partial charge on any atom is 0.301 e. The summed E-state index contributed by atoms with van der Waals surface area (Å²) in [7, 11) is -1.17. The van der Waals surface area contributed by atoms with Crippen LogP contribution >= 0.6 is 11.6 Å². The van der Waals surface area contributed by atoms with Crippen LogP contribution in [-0.4, -0.2) is 88.4 Å². The van der Waals surface area contributed by atoms with Gasteiger partial charge in [-0.25, -0.2) is 4.98 Å². The van der Waals surface area contributed by atoms with Gasteiger partial charge < -0.3 is 24.1 Å². The van der Waals surface area contributed by atoms with Crippen molar-refractivity contribution in [2.45, 2.75) is 56.7 Å². The molecular weight excluding hydrogens is 570 g/mol. The number of allylic oxidation sites excluding steroid dienone is 1. The van der Waals surface area contributed by atoms with Gasteiger partial charge in [-0.1, -0.05) is 55.0 Å². The Hall–Kier alpha value is -2.12. The monoisotopic (exact) mass is 602 g/mol. The second-order valence-electron chi connectivity index (χ2n) is 10.7. The Morgan fingerprint density at radius 3 is 2.67 bits per heavy atom. The van der Waals surface area contributed by atoms with Crippen LogP contribution < -0.4 is 4.74 Å². The Kier molecular flexibility index (Phi) is 8.41. The van der Waals surface area contributed by atoms with Crippen LogP contribution in [0.3, 0.4) is 0 Å². The van der Waals surface area contributed by atoms with E-state index in [0.717, 1.165) is 23.6 Å². The summed E-state index contributed by atoms with van der Waals surface area (Å²) in [5.41, 5.74) is 5.08. The highest BCUT2D eigenvalue weighted by molar-refractivity contribution is 7.85. The summed E-state index contributed by atoms with van der Waals surface area (Å²) in [6.45, 7) is 5.91. The molecule has 5 heterocycles. The molecule has 2 saturated heterocycles. The fourth-order valence-corrected chi connectivity index (χ4v) is 7.04. The van der Waals surface area contributed by atoms with Crippen LogP contribution in [0, 0.1) is 0 Å². The Balaban J connectivity index is 1.30. The number of ether oxygens (including phenoxy) is 4. The topological polar surface area (TPSA) is 105 Å². The van der Waals surface area contributed by atoms with E-state index in [2.05, 4.69) is 31.3 Å². The summed E-state index contributed by atoms with van der Waals surface area (Å²) in [5, 5.41) is 10.6. The lowest BCUT2D eigenvalue weighted by Crippen LogP contribution is -2.35. The number of aliphatic hydroxyl groups is 1. The van der Waals surface area contributed by atoms with E-state index in [9.17, 15) is 9.32 Å². The number of nitrogens with zero attached hydrogens (tertiary/aromatic N) is 3. The zero-order valence-corrected chi connectivity index (χ0v) is 25.1. The summed E-state index contributed by atoms with van der Waals surface area (Å²) in [4.78, 5) is 9.66. The molecule has 2 fully saturated rings. The number of pyridine rings is 1. The highest BCUT2D eigenvalue weighted by Crippen LogP contribution is 2.34. The number of fused-ring (bicyclic) bond motifs is 2. The molecule has 0 bridgehead atoms. The van der Waals surface area contributed by atoms with Gasteiger partial charge in [0.25, 0.3) is 0 Å². The molecule has 1 N–H and O–H groups in total. The third kappa shape index (κ3) is 5.78. The molecule has 6 rings (SSSR count). The van der Waals surface area contributed by atoms with E-state index in [1.165, 1.54) is 5.57 Å². The molecule has 1 unspecified atom stereocenters. The van der Waals surface area contributed by atoms with Crippen molar-refractivity contribution in [1.29, 1.82) is 0 Å². The minimum absolute atomic E-state index is 0.225. The van der Waals surface area contributed by atoms with Gasteiger partial charge in [-0.2, -0.15) is 4.98 Å². The first kappa shape index (κ1) is 28.0. The summed E-state index contributed by atoms with van der Waals surface area (Å²) in [6, 6.07) is 11.3. The van der Waals surface area contributed by atoms with Crippen LogP contribution in [0.25, 0.3) is 28.0 Å². The second-order valence-corrected chi connectivity index (χ2v) is 15.6. The highest BCUT2D eigenvalue weighted by Gasteiger charge is 2.49. The number of rotatable bonds is 9. The first-order valence-corrected chi connectivity index (χ1v) is 18.1. The molecule has 5 atom stereocenters. The molecule has 3 aromatic rings. The molecule has 12 heteroatoms. The van der Waals surface area contributed by atoms with Crippen LogP contribution in [0.4, 0.5) is 0 Å². The number of benzene rings is 1. The van der Waals surface area contributed by atoms with E-state index in [0.29, 0.717) is 52.6 Å². The first-order chi connectivity index (χ1) is 19.4. The molecule has 1 aromatic carbocycles. The molecule has 3 aliphatic heterocycles. The van der Waals surface area contributed by atoms with E-state index >= 15 is 0 Å². The van der Waals surface area contributed by atoms with Gasteiger partial charge in [0.05, 0.1) is 23.9 Å². The van der Waals surface area contributed by atoms with E-state index < -0.39 is 37.9 Å². The van der Waals surface area contributed by atoms with Crippen LogP contribution in [0.15, 0.2) is 36.4 Å². The minimum atomic E-state index is -0.753. The molecule has 0 saturated carbocycles. The van der Waals surface area contributed by atoms with E-state index in [4.69, 9.17) is 40.5 Å². The number of hydrogen-bond donors (Lipinski definition) is 1. The van der Waals surface area contributed by atoms with Crippen molar-refractivity contribution in [2.75, 3.05) is 31.3 Å². The largest absolute Gasteiger partial charge is 0.456 e. The average Bonchev–Trinajstić information content (AvgIpc) is 3.61. The highest BCUT2D eigenvalue weighted by atomic mass is 35.5. The zero-order chi connectivity index (χ0) is 27.8. The Morgan fingerprint density at radius 1 is 1.15 bits per heavy atom. The number of imidazole rings is 1. The SMILES string of the molecule is C[Si](C)CCOCn1c(O[C@@H]2CO[C@H]3[C@@H]2OC[C@H]3O)nc2cc(Cl)c(-c3ccc(C4=CCS(=O)CC4)cc3)nc21. The van der Waals surface area contributed by atoms with Crippen molar-refractivity contribution in [3.05, 3.63) is 47.0 Å². The average molecular weight is 603 g/mol. The third-order valence-corrected chi connectivity index (χ3v) is 10.2. The van der Waals surface area contributed by atoms with Crippen molar-refractivity contribution in [3.63, 3.8) is 0 Å². The van der Waals surface area contributed by atoms with Gasteiger partial charge >= 0.3 is 6.01 Å². The quantitative estimate of drug-likeness (QED) is 0.290. The number of aromatic nitrogens is 3. The van der Waals surface area contributed by atoms with E-state index in [-0.39, 0.29) is 19.4 Å². The van der Waals surface area contributed by atoms with Gasteiger partial charge in [-0.05, 0) is 29.7 Å². The predicted molar refractivity (Wildman–Crippen MR) is 157 cm³/mol. The van der Waals surface area contributed by atoms with Gasteiger partial charge in [-0.3, -0.25) is 8.78 Å². The van der Waals surface area contributed by atoms with Gasteiger partial charge in [0, 0.05) is 43.3 Å². The van der Waals surface area contributed by atoms with Gasteiger partial charge in [0.1, 0.15) is 30.6 Å². The van der Waals surface area contributed by atoms with Crippen molar-refractivity contribution >= 4 is 47.9 Å². The molecule has 213 valence electrons. The van der Waals surface area contributed by atoms with Gasteiger partial charge in [0.2, 0.25) is 0 Å². The van der Waals surface area contributed by atoms with Crippen LogP contribution in [0.1, 0.15) is 12.0 Å². The van der Waals surface area contributed by atoms with E-state index in [1.54, 1.807) is 6.07 Å². The normalized spacial score (nSPS) is 26.4. The fraction of sp³-hybridized carbons (Fsp3) is 0.500. The van der Waals surface area contributed by atoms with Crippen LogP contribution in [0.2, 0.25) is 24.2 Å². The summed E-state index contributed by atoms with van der Waals surface area (Å²) >= 11 is 6.73. The number of aliphatic hydroxyl groups excluding tert-OH is 1. The molecule has 0 aliphatic carbocycles. The molecule has 1 radical (unpaired) electrons. The number of hydrogen-bond acceptors (Lipinski definition) is 8. The first-order valence-electron chi connectivity index (χ1n) is 13.5.